The van der Waals surface area contributed by atoms with E-state index in [9.17, 15) is 4.79 Å². The lowest BCUT2D eigenvalue weighted by Crippen LogP contribution is -2.26. The number of hydrogen-bond donors (Lipinski definition) is 1. The fourth-order valence-electron chi connectivity index (χ4n) is 3.19. The van der Waals surface area contributed by atoms with Crippen molar-refractivity contribution in [3.8, 4) is 11.5 Å². The molecule has 0 bridgehead atoms. The second kappa shape index (κ2) is 10.7. The summed E-state index contributed by atoms with van der Waals surface area (Å²) in [6.07, 6.45) is 3.30. The first-order chi connectivity index (χ1) is 15.0. The van der Waals surface area contributed by atoms with Crippen LogP contribution >= 0.6 is 11.6 Å². The molecule has 7 heteroatoms. The molecule has 3 aromatic rings. The summed E-state index contributed by atoms with van der Waals surface area (Å²) in [5.74, 6) is 1.11. The van der Waals surface area contributed by atoms with Crippen LogP contribution in [0.3, 0.4) is 0 Å². The highest BCUT2D eigenvalue weighted by Gasteiger charge is 2.11. The Morgan fingerprint density at radius 1 is 1.13 bits per heavy atom. The van der Waals surface area contributed by atoms with Crippen LogP contribution in [-0.2, 0) is 11.3 Å². The van der Waals surface area contributed by atoms with Crippen molar-refractivity contribution in [3.63, 3.8) is 0 Å². The van der Waals surface area contributed by atoms with Gasteiger partial charge >= 0.3 is 0 Å². The van der Waals surface area contributed by atoms with Crippen LogP contribution in [0.4, 0.5) is 0 Å². The normalized spacial score (nSPS) is 11.0. The molecule has 3 rings (SSSR count). The van der Waals surface area contributed by atoms with E-state index in [2.05, 4.69) is 10.4 Å². The third kappa shape index (κ3) is 5.89. The van der Waals surface area contributed by atoms with Crippen LogP contribution in [0.5, 0.6) is 11.5 Å². The lowest BCUT2D eigenvalue weighted by Gasteiger charge is -2.10. The molecule has 31 heavy (non-hydrogen) atoms. The number of carbonyl (C=O) groups excluding carboxylic acids is 1. The summed E-state index contributed by atoms with van der Waals surface area (Å²) in [7, 11) is 1.59. The van der Waals surface area contributed by atoms with Gasteiger partial charge in [0.2, 0.25) is 5.91 Å². The molecule has 6 nitrogen and oxygen atoms in total. The molecule has 0 unspecified atom stereocenters. The number of aromatic nitrogens is 2. The molecular formula is C24H26ClN3O3. The molecule has 0 saturated heterocycles. The molecule has 0 saturated carbocycles. The number of para-hydroxylation sites is 2. The molecule has 0 fully saturated rings. The smallest absolute Gasteiger partial charge is 0.244 e. The minimum absolute atomic E-state index is 0.193. The Morgan fingerprint density at radius 2 is 1.84 bits per heavy atom. The number of nitrogens with zero attached hydrogens (tertiary/aromatic N) is 2. The fraction of sp³-hybridized carbons (Fsp3) is 0.250. The Morgan fingerprint density at radius 3 is 2.58 bits per heavy atom. The number of halogens is 1. The van der Waals surface area contributed by atoms with E-state index >= 15 is 0 Å². The van der Waals surface area contributed by atoms with Crippen LogP contribution in [0.2, 0.25) is 5.02 Å². The summed E-state index contributed by atoms with van der Waals surface area (Å²) < 4.78 is 12.8. The number of amides is 1. The van der Waals surface area contributed by atoms with E-state index in [4.69, 9.17) is 21.1 Å². The molecule has 162 valence electrons. The maximum Gasteiger partial charge on any atom is 0.244 e. The summed E-state index contributed by atoms with van der Waals surface area (Å²) in [6.45, 7) is 5.20. The highest BCUT2D eigenvalue weighted by molar-refractivity contribution is 6.31. The van der Waals surface area contributed by atoms with E-state index in [0.717, 1.165) is 22.5 Å². The molecule has 0 radical (unpaired) electrons. The zero-order valence-electron chi connectivity index (χ0n) is 17.9. The third-order valence-electron chi connectivity index (χ3n) is 4.84. The number of ether oxygens (including phenoxy) is 2. The molecule has 0 aliphatic carbocycles. The number of aryl methyl sites for hydroxylation is 1. The van der Waals surface area contributed by atoms with Gasteiger partial charge in [-0.3, -0.25) is 9.48 Å². The quantitative estimate of drug-likeness (QED) is 0.396. The number of rotatable bonds is 9. The number of carbonyl (C=O) groups is 1. The maximum absolute atomic E-state index is 12.2. The number of nitrogens with one attached hydrogen (secondary N) is 1. The van der Waals surface area contributed by atoms with E-state index < -0.39 is 0 Å². The van der Waals surface area contributed by atoms with Gasteiger partial charge < -0.3 is 14.8 Å². The maximum atomic E-state index is 12.2. The predicted octanol–water partition coefficient (Wildman–Crippen LogP) is 4.42. The van der Waals surface area contributed by atoms with Crippen LogP contribution in [0, 0.1) is 13.8 Å². The van der Waals surface area contributed by atoms with Crippen LogP contribution in [0.15, 0.2) is 54.6 Å². The molecular weight excluding hydrogens is 414 g/mol. The average Bonchev–Trinajstić information content (AvgIpc) is 3.04. The van der Waals surface area contributed by atoms with Gasteiger partial charge in [0.05, 0.1) is 25.9 Å². The van der Waals surface area contributed by atoms with E-state index in [0.29, 0.717) is 36.2 Å². The molecule has 0 aliphatic rings. The van der Waals surface area contributed by atoms with E-state index in [1.165, 1.54) is 6.08 Å². The summed E-state index contributed by atoms with van der Waals surface area (Å²) in [5, 5.41) is 8.12. The minimum atomic E-state index is -0.193. The lowest BCUT2D eigenvalue weighted by atomic mass is 10.1. The van der Waals surface area contributed by atoms with Gasteiger partial charge in [-0.25, -0.2) is 0 Å². The zero-order chi connectivity index (χ0) is 22.2. The SMILES string of the molecule is COc1ccccc1OCCNC(=O)/C=C/c1c(C)nn(Cc2ccccc2Cl)c1C. The van der Waals surface area contributed by atoms with Crippen LogP contribution in [-0.4, -0.2) is 35.9 Å². The van der Waals surface area contributed by atoms with Gasteiger partial charge in [-0.1, -0.05) is 41.9 Å². The largest absolute Gasteiger partial charge is 0.493 e. The van der Waals surface area contributed by atoms with Crippen molar-refractivity contribution in [2.75, 3.05) is 20.3 Å². The molecule has 1 N–H and O–H groups in total. The first-order valence-electron chi connectivity index (χ1n) is 9.98. The van der Waals surface area contributed by atoms with Crippen molar-refractivity contribution < 1.29 is 14.3 Å². The molecule has 1 aromatic heterocycles. The van der Waals surface area contributed by atoms with Gasteiger partial charge in [-0.05, 0) is 43.7 Å². The molecule has 0 aliphatic heterocycles. The van der Waals surface area contributed by atoms with Crippen molar-refractivity contribution in [1.82, 2.24) is 15.1 Å². The lowest BCUT2D eigenvalue weighted by molar-refractivity contribution is -0.116. The van der Waals surface area contributed by atoms with Gasteiger partial charge in [0.15, 0.2) is 11.5 Å². The second-order valence-corrected chi connectivity index (χ2v) is 7.36. The van der Waals surface area contributed by atoms with Crippen LogP contribution < -0.4 is 14.8 Å². The molecule has 2 aromatic carbocycles. The highest BCUT2D eigenvalue weighted by Crippen LogP contribution is 2.25. The van der Waals surface area contributed by atoms with Gasteiger partial charge in [-0.2, -0.15) is 5.10 Å². The predicted molar refractivity (Wildman–Crippen MR) is 123 cm³/mol. The van der Waals surface area contributed by atoms with Crippen molar-refractivity contribution in [2.24, 2.45) is 0 Å². The van der Waals surface area contributed by atoms with Crippen molar-refractivity contribution in [2.45, 2.75) is 20.4 Å². The van der Waals surface area contributed by atoms with Gasteiger partial charge in [0.1, 0.15) is 6.61 Å². The summed E-state index contributed by atoms with van der Waals surface area (Å²) in [6, 6.07) is 15.1. The number of benzene rings is 2. The van der Waals surface area contributed by atoms with Crippen LogP contribution in [0.1, 0.15) is 22.5 Å². The fourth-order valence-corrected chi connectivity index (χ4v) is 3.38. The first kappa shape index (κ1) is 22.4. The number of hydrogen-bond acceptors (Lipinski definition) is 4. The van der Waals surface area contributed by atoms with Crippen LogP contribution in [0.25, 0.3) is 6.08 Å². The van der Waals surface area contributed by atoms with E-state index in [1.807, 2.05) is 67.1 Å². The van der Waals surface area contributed by atoms with Crippen molar-refractivity contribution >= 4 is 23.6 Å². The highest BCUT2D eigenvalue weighted by atomic mass is 35.5. The molecule has 1 amide bonds. The van der Waals surface area contributed by atoms with Gasteiger partial charge in [-0.15, -0.1) is 0 Å². The van der Waals surface area contributed by atoms with Crippen molar-refractivity contribution in [3.05, 3.63) is 82.1 Å². The Bertz CT molecular complexity index is 1080. The summed E-state index contributed by atoms with van der Waals surface area (Å²) >= 11 is 6.27. The Labute approximate surface area is 187 Å². The molecule has 0 spiro atoms. The van der Waals surface area contributed by atoms with E-state index in [1.54, 1.807) is 13.2 Å². The molecule has 0 atom stereocenters. The summed E-state index contributed by atoms with van der Waals surface area (Å²) in [4.78, 5) is 12.2. The average molecular weight is 440 g/mol. The topological polar surface area (TPSA) is 65.4 Å². The van der Waals surface area contributed by atoms with Crippen molar-refractivity contribution in [1.29, 1.82) is 0 Å². The Balaban J connectivity index is 1.54. The minimum Gasteiger partial charge on any atom is -0.493 e. The Hall–Kier alpha value is -3.25. The molecule has 1 heterocycles. The van der Waals surface area contributed by atoms with Gasteiger partial charge in [0, 0.05) is 22.4 Å². The number of methoxy groups -OCH3 is 1. The zero-order valence-corrected chi connectivity index (χ0v) is 18.6. The van der Waals surface area contributed by atoms with E-state index in [-0.39, 0.29) is 5.91 Å². The standard InChI is InChI=1S/C24H26ClN3O3/c1-17-20(18(2)28(27-17)16-19-8-4-5-9-21(19)25)12-13-24(29)26-14-15-31-23-11-7-6-10-22(23)30-3/h4-13H,14-16H2,1-3H3,(H,26,29)/b13-12+. The third-order valence-corrected chi connectivity index (χ3v) is 5.21. The Kier molecular flexibility index (Phi) is 7.73. The second-order valence-electron chi connectivity index (χ2n) is 6.96. The first-order valence-corrected chi connectivity index (χ1v) is 10.4. The van der Waals surface area contributed by atoms with Gasteiger partial charge in [0.25, 0.3) is 0 Å². The monoisotopic (exact) mass is 439 g/mol. The summed E-state index contributed by atoms with van der Waals surface area (Å²) in [5.41, 5.74) is 3.75.